The normalized spacial score (nSPS) is 24.6. The van der Waals surface area contributed by atoms with Crippen LogP contribution in [0.15, 0.2) is 18.2 Å². The average Bonchev–Trinajstić information content (AvgIpc) is 2.34. The van der Waals surface area contributed by atoms with Crippen molar-refractivity contribution in [3.05, 3.63) is 28.8 Å². The molecule has 1 aliphatic carbocycles. The van der Waals surface area contributed by atoms with Gasteiger partial charge in [-0.25, -0.2) is 0 Å². The summed E-state index contributed by atoms with van der Waals surface area (Å²) in [5, 5.41) is 0.713. The van der Waals surface area contributed by atoms with Gasteiger partial charge in [-0.3, -0.25) is 0 Å². The van der Waals surface area contributed by atoms with Crippen molar-refractivity contribution in [2.24, 2.45) is 5.92 Å². The number of hydrogen-bond donors (Lipinski definition) is 0. The fourth-order valence-electron chi connectivity index (χ4n) is 2.29. The van der Waals surface area contributed by atoms with Crippen LogP contribution in [0.1, 0.15) is 38.2 Å². The van der Waals surface area contributed by atoms with Crippen LogP contribution in [0, 0.1) is 5.92 Å². The number of ether oxygens (including phenoxy) is 1. The van der Waals surface area contributed by atoms with Gasteiger partial charge >= 0.3 is 0 Å². The fourth-order valence-corrected chi connectivity index (χ4v) is 2.70. The Morgan fingerprint density at radius 3 is 2.59 bits per heavy atom. The van der Waals surface area contributed by atoms with E-state index in [2.05, 4.69) is 6.92 Å². The minimum Gasteiger partial charge on any atom is -0.490 e. The van der Waals surface area contributed by atoms with Crippen molar-refractivity contribution in [3.8, 4) is 5.75 Å². The molecule has 2 rings (SSSR count). The monoisotopic (exact) mass is 272 g/mol. The highest BCUT2D eigenvalue weighted by molar-refractivity contribution is 6.30. The second-order valence-corrected chi connectivity index (χ2v) is 5.59. The van der Waals surface area contributed by atoms with E-state index >= 15 is 0 Å². The summed E-state index contributed by atoms with van der Waals surface area (Å²) in [7, 11) is 0. The molecule has 0 radical (unpaired) electrons. The van der Waals surface area contributed by atoms with Crippen molar-refractivity contribution >= 4 is 23.2 Å². The molecule has 0 aromatic heterocycles. The first kappa shape index (κ1) is 13.0. The molecule has 0 spiro atoms. The lowest BCUT2D eigenvalue weighted by Gasteiger charge is -2.27. The topological polar surface area (TPSA) is 9.23 Å². The van der Waals surface area contributed by atoms with Gasteiger partial charge in [0.1, 0.15) is 5.75 Å². The lowest BCUT2D eigenvalue weighted by Crippen LogP contribution is -2.23. The Balaban J connectivity index is 2.03. The summed E-state index contributed by atoms with van der Waals surface area (Å²) in [6, 6.07) is 5.67. The molecular formula is C14H18Cl2O. The Bertz CT molecular complexity index is 370. The number of hydrogen-bond acceptors (Lipinski definition) is 1. The van der Waals surface area contributed by atoms with E-state index in [1.165, 1.54) is 12.8 Å². The van der Waals surface area contributed by atoms with Crippen LogP contribution in [0.3, 0.4) is 0 Å². The number of rotatable bonds is 3. The van der Waals surface area contributed by atoms with E-state index < -0.39 is 0 Å². The van der Waals surface area contributed by atoms with Gasteiger partial charge in [0.15, 0.2) is 0 Å². The summed E-state index contributed by atoms with van der Waals surface area (Å²) in [5.74, 6) is 2.18. The summed E-state index contributed by atoms with van der Waals surface area (Å²) in [4.78, 5) is 0. The molecule has 1 aromatic carbocycles. The van der Waals surface area contributed by atoms with E-state index in [9.17, 15) is 0 Å². The smallest absolute Gasteiger partial charge is 0.124 e. The average molecular weight is 273 g/mol. The van der Waals surface area contributed by atoms with Crippen LogP contribution >= 0.6 is 23.2 Å². The molecule has 94 valence electrons. The van der Waals surface area contributed by atoms with Crippen molar-refractivity contribution in [1.29, 1.82) is 0 Å². The van der Waals surface area contributed by atoms with Crippen molar-refractivity contribution in [3.63, 3.8) is 0 Å². The Kier molecular flexibility index (Phi) is 4.58. The van der Waals surface area contributed by atoms with Gasteiger partial charge in [-0.05, 0) is 49.8 Å². The molecule has 3 heteroatoms. The number of alkyl halides is 1. The lowest BCUT2D eigenvalue weighted by atomic mass is 9.89. The summed E-state index contributed by atoms with van der Waals surface area (Å²) in [6.45, 7) is 2.31. The van der Waals surface area contributed by atoms with Gasteiger partial charge in [0.2, 0.25) is 0 Å². The summed E-state index contributed by atoms with van der Waals surface area (Å²) >= 11 is 11.8. The van der Waals surface area contributed by atoms with Gasteiger partial charge in [0.05, 0.1) is 12.0 Å². The van der Waals surface area contributed by atoms with Gasteiger partial charge < -0.3 is 4.74 Å². The molecule has 0 saturated heterocycles. The molecule has 0 unspecified atom stereocenters. The van der Waals surface area contributed by atoms with Crippen molar-refractivity contribution < 1.29 is 4.74 Å². The molecule has 0 N–H and O–H groups in total. The maximum absolute atomic E-state index is 6.04. The third-order valence-electron chi connectivity index (χ3n) is 3.42. The second-order valence-electron chi connectivity index (χ2n) is 4.89. The van der Waals surface area contributed by atoms with Crippen LogP contribution in [0.2, 0.25) is 5.02 Å². The fraction of sp³-hybridized carbons (Fsp3) is 0.571. The number of halogens is 2. The van der Waals surface area contributed by atoms with Crippen LogP contribution in [0.25, 0.3) is 0 Å². The summed E-state index contributed by atoms with van der Waals surface area (Å²) in [6.07, 6.45) is 5.15. The van der Waals surface area contributed by atoms with Crippen LogP contribution in [0.4, 0.5) is 0 Å². The van der Waals surface area contributed by atoms with Crippen LogP contribution in [-0.2, 0) is 5.88 Å². The molecule has 1 saturated carbocycles. The molecule has 0 aliphatic heterocycles. The highest BCUT2D eigenvalue weighted by atomic mass is 35.5. The summed E-state index contributed by atoms with van der Waals surface area (Å²) < 4.78 is 6.04. The van der Waals surface area contributed by atoms with Crippen molar-refractivity contribution in [1.82, 2.24) is 0 Å². The first-order valence-corrected chi connectivity index (χ1v) is 7.11. The predicted octanol–water partition coefficient (Wildman–Crippen LogP) is 5.04. The molecule has 17 heavy (non-hydrogen) atoms. The van der Waals surface area contributed by atoms with Gasteiger partial charge in [-0.15, -0.1) is 11.6 Å². The highest BCUT2D eigenvalue weighted by Crippen LogP contribution is 2.30. The van der Waals surface area contributed by atoms with Gasteiger partial charge in [0.25, 0.3) is 0 Å². The molecular weight excluding hydrogens is 255 g/mol. The Morgan fingerprint density at radius 1 is 1.24 bits per heavy atom. The Morgan fingerprint density at radius 2 is 1.94 bits per heavy atom. The first-order valence-electron chi connectivity index (χ1n) is 6.20. The largest absolute Gasteiger partial charge is 0.490 e. The van der Waals surface area contributed by atoms with Crippen molar-refractivity contribution in [2.75, 3.05) is 0 Å². The zero-order valence-corrected chi connectivity index (χ0v) is 11.6. The van der Waals surface area contributed by atoms with Crippen molar-refractivity contribution in [2.45, 2.75) is 44.6 Å². The molecule has 0 bridgehead atoms. The van der Waals surface area contributed by atoms with Crippen LogP contribution in [0.5, 0.6) is 5.75 Å². The zero-order valence-electron chi connectivity index (χ0n) is 10.1. The third kappa shape index (κ3) is 3.53. The minimum atomic E-state index is 0.342. The van der Waals surface area contributed by atoms with Gasteiger partial charge in [0, 0.05) is 10.6 Å². The minimum absolute atomic E-state index is 0.342. The Hall–Kier alpha value is -0.400. The standard InChI is InChI=1S/C14H18Cl2O/c1-10-2-5-13(6-3-10)17-14-7-4-12(16)8-11(14)9-15/h4,7-8,10,13H,2-3,5-6,9H2,1H3. The predicted molar refractivity (Wildman–Crippen MR) is 73.1 cm³/mol. The SMILES string of the molecule is CC1CCC(Oc2ccc(Cl)cc2CCl)CC1. The van der Waals surface area contributed by atoms with E-state index in [4.69, 9.17) is 27.9 Å². The zero-order chi connectivity index (χ0) is 12.3. The second kappa shape index (κ2) is 5.97. The quantitative estimate of drug-likeness (QED) is 0.701. The van der Waals surface area contributed by atoms with E-state index in [1.807, 2.05) is 18.2 Å². The maximum atomic E-state index is 6.04. The van der Waals surface area contributed by atoms with Gasteiger partial charge in [-0.2, -0.15) is 0 Å². The lowest BCUT2D eigenvalue weighted by molar-refractivity contribution is 0.134. The maximum Gasteiger partial charge on any atom is 0.124 e. The Labute approximate surface area is 113 Å². The van der Waals surface area contributed by atoms with E-state index in [0.717, 1.165) is 30.1 Å². The van der Waals surface area contributed by atoms with Crippen LogP contribution < -0.4 is 4.74 Å². The van der Waals surface area contributed by atoms with E-state index in [1.54, 1.807) is 0 Å². The van der Waals surface area contributed by atoms with E-state index in [-0.39, 0.29) is 0 Å². The summed E-state index contributed by atoms with van der Waals surface area (Å²) in [5.41, 5.74) is 0.984. The highest BCUT2D eigenvalue weighted by Gasteiger charge is 2.20. The van der Waals surface area contributed by atoms with E-state index in [0.29, 0.717) is 17.0 Å². The first-order chi connectivity index (χ1) is 8.19. The molecule has 1 aromatic rings. The molecule has 1 fully saturated rings. The molecule has 0 atom stereocenters. The molecule has 1 nitrogen and oxygen atoms in total. The van der Waals surface area contributed by atoms with Crippen LogP contribution in [-0.4, -0.2) is 6.10 Å². The number of benzene rings is 1. The molecule has 1 aliphatic rings. The van der Waals surface area contributed by atoms with Gasteiger partial charge in [-0.1, -0.05) is 18.5 Å². The molecule has 0 amide bonds. The third-order valence-corrected chi connectivity index (χ3v) is 3.95. The molecule has 0 heterocycles.